The minimum absolute atomic E-state index is 0.256. The molecule has 0 unspecified atom stereocenters. The third-order valence-electron chi connectivity index (χ3n) is 2.90. The number of carboxylic acids is 1. The summed E-state index contributed by atoms with van der Waals surface area (Å²) in [6.07, 6.45) is 1.87. The molecule has 1 rings (SSSR count). The molecule has 20 heavy (non-hydrogen) atoms. The molecule has 0 saturated heterocycles. The van der Waals surface area contributed by atoms with E-state index in [2.05, 4.69) is 5.32 Å². The Morgan fingerprint density at radius 2 is 2.00 bits per heavy atom. The molecule has 1 aromatic carbocycles. The molecule has 0 fully saturated rings. The number of nitriles is 1. The first-order valence-electron chi connectivity index (χ1n) is 6.56. The van der Waals surface area contributed by atoms with Gasteiger partial charge in [-0.1, -0.05) is 30.3 Å². The van der Waals surface area contributed by atoms with Crippen LogP contribution < -0.4 is 5.32 Å². The Labute approximate surface area is 118 Å². The number of hydrogen-bond acceptors (Lipinski definition) is 3. The number of nitrogens with zero attached hydrogens (tertiary/aromatic N) is 1. The normalized spacial score (nSPS) is 11.3. The fraction of sp³-hybridized carbons (Fsp3) is 0.400. The lowest BCUT2D eigenvalue weighted by Gasteiger charge is -2.13. The zero-order chi connectivity index (χ0) is 14.8. The van der Waals surface area contributed by atoms with Gasteiger partial charge in [0.25, 0.3) is 0 Å². The molecule has 0 aromatic heterocycles. The van der Waals surface area contributed by atoms with E-state index in [1.165, 1.54) is 0 Å². The van der Waals surface area contributed by atoms with Gasteiger partial charge in [0.1, 0.15) is 6.04 Å². The summed E-state index contributed by atoms with van der Waals surface area (Å²) < 4.78 is 0. The first-order chi connectivity index (χ1) is 9.63. The molecular weight excluding hydrogens is 256 g/mol. The van der Waals surface area contributed by atoms with Gasteiger partial charge in [0.15, 0.2) is 0 Å². The molecule has 0 saturated carbocycles. The molecule has 0 bridgehead atoms. The molecule has 0 radical (unpaired) electrons. The molecule has 5 heteroatoms. The van der Waals surface area contributed by atoms with Crippen molar-refractivity contribution in [2.75, 3.05) is 0 Å². The van der Waals surface area contributed by atoms with Gasteiger partial charge < -0.3 is 10.4 Å². The molecule has 1 atom stereocenters. The minimum Gasteiger partial charge on any atom is -0.480 e. The number of aryl methyl sites for hydroxylation is 1. The number of benzene rings is 1. The number of hydrogen-bond donors (Lipinski definition) is 2. The molecule has 2 N–H and O–H groups in total. The second kappa shape index (κ2) is 8.70. The third-order valence-corrected chi connectivity index (χ3v) is 2.90. The van der Waals surface area contributed by atoms with Crippen molar-refractivity contribution >= 4 is 11.9 Å². The Morgan fingerprint density at radius 1 is 1.30 bits per heavy atom. The fourth-order valence-corrected chi connectivity index (χ4v) is 1.81. The maximum absolute atomic E-state index is 11.7. The summed E-state index contributed by atoms with van der Waals surface area (Å²) in [5, 5.41) is 19.9. The molecular formula is C15H18N2O3. The van der Waals surface area contributed by atoms with Gasteiger partial charge >= 0.3 is 5.97 Å². The van der Waals surface area contributed by atoms with E-state index in [0.717, 1.165) is 5.56 Å². The first-order valence-corrected chi connectivity index (χ1v) is 6.56. The molecule has 0 spiro atoms. The van der Waals surface area contributed by atoms with E-state index in [1.54, 1.807) is 0 Å². The number of carbonyl (C=O) groups is 2. The quantitative estimate of drug-likeness (QED) is 0.708. The average molecular weight is 274 g/mol. The van der Waals surface area contributed by atoms with Crippen LogP contribution in [0.15, 0.2) is 30.3 Å². The number of rotatable bonds is 8. The van der Waals surface area contributed by atoms with Crippen LogP contribution in [0, 0.1) is 11.3 Å². The number of amides is 1. The van der Waals surface area contributed by atoms with Crippen molar-refractivity contribution in [3.63, 3.8) is 0 Å². The number of carboxylic acid groups (broad SMARTS) is 1. The van der Waals surface area contributed by atoms with Crippen molar-refractivity contribution in [1.82, 2.24) is 5.32 Å². The molecule has 0 heterocycles. The van der Waals surface area contributed by atoms with Crippen molar-refractivity contribution in [2.45, 2.75) is 38.1 Å². The molecule has 0 aliphatic carbocycles. The van der Waals surface area contributed by atoms with Gasteiger partial charge in [-0.2, -0.15) is 5.26 Å². The maximum Gasteiger partial charge on any atom is 0.326 e. The Bertz CT molecular complexity index is 480. The van der Waals surface area contributed by atoms with E-state index >= 15 is 0 Å². The molecule has 0 aliphatic rings. The average Bonchev–Trinajstić information content (AvgIpc) is 2.45. The summed E-state index contributed by atoms with van der Waals surface area (Å²) in [7, 11) is 0. The predicted octanol–water partition coefficient (Wildman–Crippen LogP) is 1.88. The van der Waals surface area contributed by atoms with Crippen molar-refractivity contribution in [1.29, 1.82) is 5.26 Å². The number of nitrogens with one attached hydrogen (secondary N) is 1. The molecule has 0 aliphatic heterocycles. The SMILES string of the molecule is N#CCCC[C@@H](NC(=O)CCc1ccccc1)C(=O)O. The number of unbranched alkanes of at least 4 members (excludes halogenated alkanes) is 1. The summed E-state index contributed by atoms with van der Waals surface area (Å²) in [6, 6.07) is 10.6. The summed E-state index contributed by atoms with van der Waals surface area (Å²) in [5.41, 5.74) is 1.04. The highest BCUT2D eigenvalue weighted by Gasteiger charge is 2.19. The van der Waals surface area contributed by atoms with Crippen molar-refractivity contribution in [3.8, 4) is 6.07 Å². The smallest absolute Gasteiger partial charge is 0.326 e. The topological polar surface area (TPSA) is 90.2 Å². The lowest BCUT2D eigenvalue weighted by atomic mass is 10.1. The summed E-state index contributed by atoms with van der Waals surface area (Å²) in [6.45, 7) is 0. The van der Waals surface area contributed by atoms with Gasteiger partial charge in [0, 0.05) is 12.8 Å². The van der Waals surface area contributed by atoms with Gasteiger partial charge in [0.05, 0.1) is 6.07 Å². The van der Waals surface area contributed by atoms with Gasteiger partial charge in [-0.15, -0.1) is 0 Å². The fourth-order valence-electron chi connectivity index (χ4n) is 1.81. The molecule has 106 valence electrons. The summed E-state index contributed by atoms with van der Waals surface area (Å²) >= 11 is 0. The third kappa shape index (κ3) is 6.01. The lowest BCUT2D eigenvalue weighted by Crippen LogP contribution is -2.40. The van der Waals surface area contributed by atoms with Crippen molar-refractivity contribution in [3.05, 3.63) is 35.9 Å². The molecule has 1 amide bonds. The zero-order valence-corrected chi connectivity index (χ0v) is 11.2. The summed E-state index contributed by atoms with van der Waals surface area (Å²) in [5.74, 6) is -1.34. The zero-order valence-electron chi connectivity index (χ0n) is 11.2. The van der Waals surface area contributed by atoms with E-state index < -0.39 is 12.0 Å². The highest BCUT2D eigenvalue weighted by atomic mass is 16.4. The largest absolute Gasteiger partial charge is 0.480 e. The summed E-state index contributed by atoms with van der Waals surface area (Å²) in [4.78, 5) is 22.7. The van der Waals surface area contributed by atoms with Gasteiger partial charge in [0.2, 0.25) is 5.91 Å². The molecule has 5 nitrogen and oxygen atoms in total. The van der Waals surface area contributed by atoms with E-state index in [1.807, 2.05) is 36.4 Å². The Balaban J connectivity index is 2.38. The van der Waals surface area contributed by atoms with Crippen LogP contribution in [0.4, 0.5) is 0 Å². The van der Waals surface area contributed by atoms with Crippen LogP contribution in [-0.4, -0.2) is 23.0 Å². The van der Waals surface area contributed by atoms with Crippen LogP contribution in [0.5, 0.6) is 0 Å². The highest BCUT2D eigenvalue weighted by molar-refractivity contribution is 5.83. The minimum atomic E-state index is -1.06. The van der Waals surface area contributed by atoms with E-state index in [9.17, 15) is 9.59 Å². The van der Waals surface area contributed by atoms with Gasteiger partial charge in [-0.05, 0) is 24.8 Å². The second-order valence-electron chi connectivity index (χ2n) is 4.49. The maximum atomic E-state index is 11.7. The lowest BCUT2D eigenvalue weighted by molar-refractivity contribution is -0.142. The number of carbonyl (C=O) groups excluding carboxylic acids is 1. The van der Waals surface area contributed by atoms with Crippen molar-refractivity contribution in [2.24, 2.45) is 0 Å². The Hall–Kier alpha value is -2.35. The van der Waals surface area contributed by atoms with Crippen LogP contribution in [0.2, 0.25) is 0 Å². The van der Waals surface area contributed by atoms with Gasteiger partial charge in [-0.3, -0.25) is 4.79 Å². The van der Waals surface area contributed by atoms with Crippen LogP contribution >= 0.6 is 0 Å². The van der Waals surface area contributed by atoms with E-state index in [-0.39, 0.29) is 18.7 Å². The number of aliphatic carboxylic acids is 1. The first kappa shape index (κ1) is 15.7. The van der Waals surface area contributed by atoms with E-state index in [0.29, 0.717) is 19.3 Å². The van der Waals surface area contributed by atoms with Crippen LogP contribution in [-0.2, 0) is 16.0 Å². The molecule has 1 aromatic rings. The van der Waals surface area contributed by atoms with Gasteiger partial charge in [-0.25, -0.2) is 4.79 Å². The predicted molar refractivity (Wildman–Crippen MR) is 73.8 cm³/mol. The standard InChI is InChI=1S/C15H18N2O3/c16-11-5-4-8-13(15(19)20)17-14(18)10-9-12-6-2-1-3-7-12/h1-3,6-7,13H,4-5,8-10H2,(H,17,18)(H,19,20)/t13-/m1/s1. The van der Waals surface area contributed by atoms with Crippen molar-refractivity contribution < 1.29 is 14.7 Å². The van der Waals surface area contributed by atoms with Crippen LogP contribution in [0.25, 0.3) is 0 Å². The monoisotopic (exact) mass is 274 g/mol. The van der Waals surface area contributed by atoms with E-state index in [4.69, 9.17) is 10.4 Å². The van der Waals surface area contributed by atoms with Crippen LogP contribution in [0.1, 0.15) is 31.2 Å². The Morgan fingerprint density at radius 3 is 2.60 bits per heavy atom. The highest BCUT2D eigenvalue weighted by Crippen LogP contribution is 2.04. The second-order valence-corrected chi connectivity index (χ2v) is 4.49. The Kier molecular flexibility index (Phi) is 6.83. The van der Waals surface area contributed by atoms with Crippen LogP contribution in [0.3, 0.4) is 0 Å².